The second-order valence-corrected chi connectivity index (χ2v) is 5.77. The molecular weight excluding hydrogens is 260 g/mol. The first-order valence-corrected chi connectivity index (χ1v) is 6.51. The molecule has 19 heavy (non-hydrogen) atoms. The lowest BCUT2D eigenvalue weighted by Gasteiger charge is -2.28. The molecule has 0 bridgehead atoms. The summed E-state index contributed by atoms with van der Waals surface area (Å²) in [7, 11) is 2.11. The molecule has 0 atom stereocenters. The van der Waals surface area contributed by atoms with Gasteiger partial charge in [0.15, 0.2) is 0 Å². The van der Waals surface area contributed by atoms with Gasteiger partial charge in [-0.25, -0.2) is 0 Å². The summed E-state index contributed by atoms with van der Waals surface area (Å²) in [5, 5.41) is 0. The lowest BCUT2D eigenvalue weighted by molar-refractivity contribution is 0.181. The molecule has 0 saturated heterocycles. The minimum atomic E-state index is 0. The van der Waals surface area contributed by atoms with Gasteiger partial charge in [0, 0.05) is 13.1 Å². The van der Waals surface area contributed by atoms with E-state index < -0.39 is 0 Å². The molecule has 1 rings (SSSR count). The highest BCUT2D eigenvalue weighted by Crippen LogP contribution is 2.14. The number of aryl methyl sites for hydroxylation is 1. The van der Waals surface area contributed by atoms with Gasteiger partial charge < -0.3 is 15.4 Å². The van der Waals surface area contributed by atoms with Gasteiger partial charge in [-0.2, -0.15) is 0 Å². The summed E-state index contributed by atoms with van der Waals surface area (Å²) < 4.78 is 5.73. The molecule has 0 aliphatic rings. The Kier molecular flexibility index (Phi) is 8.07. The number of hydrogen-bond acceptors (Lipinski definition) is 3. The first-order chi connectivity index (χ1) is 8.43. The molecule has 3 nitrogen and oxygen atoms in total. The van der Waals surface area contributed by atoms with Gasteiger partial charge >= 0.3 is 0 Å². The fraction of sp³-hybridized carbons (Fsp3) is 0.600. The van der Waals surface area contributed by atoms with Gasteiger partial charge in [0.1, 0.15) is 12.4 Å². The summed E-state index contributed by atoms with van der Waals surface area (Å²) in [6, 6.07) is 8.15. The fourth-order valence-corrected chi connectivity index (χ4v) is 1.90. The van der Waals surface area contributed by atoms with Gasteiger partial charge in [-0.15, -0.1) is 12.4 Å². The van der Waals surface area contributed by atoms with E-state index in [1.54, 1.807) is 0 Å². The predicted octanol–water partition coefficient (Wildman–Crippen LogP) is 2.71. The second kappa shape index (κ2) is 8.41. The average molecular weight is 287 g/mol. The molecule has 0 unspecified atom stereocenters. The van der Waals surface area contributed by atoms with Crippen molar-refractivity contribution in [3.8, 4) is 5.75 Å². The Bertz CT molecular complexity index is 369. The monoisotopic (exact) mass is 286 g/mol. The summed E-state index contributed by atoms with van der Waals surface area (Å²) in [6.45, 7) is 9.76. The molecule has 0 heterocycles. The van der Waals surface area contributed by atoms with Crippen LogP contribution in [0.25, 0.3) is 0 Å². The van der Waals surface area contributed by atoms with Crippen LogP contribution in [-0.2, 0) is 0 Å². The Hall–Kier alpha value is -0.770. The maximum atomic E-state index is 5.73. The normalized spacial score (nSPS) is 11.3. The molecule has 1 aromatic carbocycles. The van der Waals surface area contributed by atoms with E-state index in [-0.39, 0.29) is 17.8 Å². The maximum Gasteiger partial charge on any atom is 0.119 e. The van der Waals surface area contributed by atoms with Crippen LogP contribution in [0.1, 0.15) is 19.4 Å². The van der Waals surface area contributed by atoms with E-state index in [1.807, 2.05) is 12.1 Å². The van der Waals surface area contributed by atoms with Crippen LogP contribution < -0.4 is 10.5 Å². The van der Waals surface area contributed by atoms with Crippen molar-refractivity contribution in [2.75, 3.05) is 33.3 Å². The molecule has 110 valence electrons. The Balaban J connectivity index is 0.00000324. The molecule has 0 saturated carbocycles. The van der Waals surface area contributed by atoms with Crippen LogP contribution in [0.5, 0.6) is 5.75 Å². The number of hydrogen-bond donors (Lipinski definition) is 1. The number of ether oxygens (including phenoxy) is 1. The Morgan fingerprint density at radius 3 is 2.58 bits per heavy atom. The van der Waals surface area contributed by atoms with Gasteiger partial charge in [0.25, 0.3) is 0 Å². The molecule has 2 N–H and O–H groups in total. The van der Waals surface area contributed by atoms with Crippen molar-refractivity contribution in [3.05, 3.63) is 29.8 Å². The lowest BCUT2D eigenvalue weighted by Crippen LogP contribution is -2.38. The van der Waals surface area contributed by atoms with E-state index in [9.17, 15) is 0 Å². The highest BCUT2D eigenvalue weighted by Gasteiger charge is 2.17. The molecule has 0 aliphatic heterocycles. The van der Waals surface area contributed by atoms with Crippen LogP contribution >= 0.6 is 12.4 Å². The quantitative estimate of drug-likeness (QED) is 0.838. The molecule has 0 aromatic heterocycles. The van der Waals surface area contributed by atoms with Gasteiger partial charge in [0.05, 0.1) is 0 Å². The van der Waals surface area contributed by atoms with Crippen molar-refractivity contribution in [3.63, 3.8) is 0 Å². The zero-order chi connectivity index (χ0) is 13.6. The molecular formula is C15H27ClN2O. The van der Waals surface area contributed by atoms with Gasteiger partial charge in [-0.1, -0.05) is 26.0 Å². The second-order valence-electron chi connectivity index (χ2n) is 5.77. The van der Waals surface area contributed by atoms with Crippen molar-refractivity contribution in [1.82, 2.24) is 4.90 Å². The summed E-state index contributed by atoms with van der Waals surface area (Å²) in [5.41, 5.74) is 7.12. The van der Waals surface area contributed by atoms with Gasteiger partial charge in [-0.05, 0) is 43.6 Å². The average Bonchev–Trinajstić information content (AvgIpc) is 2.28. The topological polar surface area (TPSA) is 38.5 Å². The molecule has 0 radical (unpaired) electrons. The standard InChI is InChI=1S/C15H26N2O.ClH/c1-13-6-5-7-14(10-13)18-9-8-17(4)12-15(2,3)11-16;/h5-7,10H,8-9,11-12,16H2,1-4H3;1H. The van der Waals surface area contributed by atoms with Crippen molar-refractivity contribution >= 4 is 12.4 Å². The van der Waals surface area contributed by atoms with Gasteiger partial charge in [-0.3, -0.25) is 0 Å². The smallest absolute Gasteiger partial charge is 0.119 e. The molecule has 0 fully saturated rings. The number of nitrogens with two attached hydrogens (primary N) is 1. The first-order valence-electron chi connectivity index (χ1n) is 6.51. The number of rotatable bonds is 7. The summed E-state index contributed by atoms with van der Waals surface area (Å²) >= 11 is 0. The van der Waals surface area contributed by atoms with E-state index in [0.717, 1.165) is 18.8 Å². The molecule has 0 aliphatic carbocycles. The number of benzene rings is 1. The van der Waals surface area contributed by atoms with Crippen LogP contribution in [0.3, 0.4) is 0 Å². The third kappa shape index (κ3) is 7.41. The number of halogens is 1. The van der Waals surface area contributed by atoms with E-state index >= 15 is 0 Å². The van der Waals surface area contributed by atoms with Crippen LogP contribution in [0, 0.1) is 12.3 Å². The maximum absolute atomic E-state index is 5.73. The van der Waals surface area contributed by atoms with E-state index in [0.29, 0.717) is 13.2 Å². The fourth-order valence-electron chi connectivity index (χ4n) is 1.90. The van der Waals surface area contributed by atoms with Crippen LogP contribution in [0.2, 0.25) is 0 Å². The molecule has 4 heteroatoms. The number of nitrogens with zero attached hydrogens (tertiary/aromatic N) is 1. The van der Waals surface area contributed by atoms with Crippen molar-refractivity contribution in [2.24, 2.45) is 11.1 Å². The van der Waals surface area contributed by atoms with Crippen molar-refractivity contribution in [1.29, 1.82) is 0 Å². The largest absolute Gasteiger partial charge is 0.492 e. The Morgan fingerprint density at radius 1 is 1.32 bits per heavy atom. The van der Waals surface area contributed by atoms with Crippen LogP contribution in [0.4, 0.5) is 0 Å². The van der Waals surface area contributed by atoms with E-state index in [2.05, 4.69) is 44.9 Å². The zero-order valence-electron chi connectivity index (χ0n) is 12.5. The number of likely N-dealkylation sites (N-methyl/N-ethyl adjacent to an activating group) is 1. The summed E-state index contributed by atoms with van der Waals surface area (Å²) in [4.78, 5) is 2.27. The zero-order valence-corrected chi connectivity index (χ0v) is 13.3. The van der Waals surface area contributed by atoms with Crippen molar-refractivity contribution in [2.45, 2.75) is 20.8 Å². The third-order valence-corrected chi connectivity index (χ3v) is 2.98. The minimum absolute atomic E-state index is 0. The molecule has 0 amide bonds. The predicted molar refractivity (Wildman–Crippen MR) is 84.3 cm³/mol. The summed E-state index contributed by atoms with van der Waals surface area (Å²) in [5.74, 6) is 0.946. The minimum Gasteiger partial charge on any atom is -0.492 e. The van der Waals surface area contributed by atoms with Crippen molar-refractivity contribution < 1.29 is 4.74 Å². The van der Waals surface area contributed by atoms with E-state index in [1.165, 1.54) is 5.56 Å². The van der Waals surface area contributed by atoms with E-state index in [4.69, 9.17) is 10.5 Å². The Morgan fingerprint density at radius 2 is 2.00 bits per heavy atom. The van der Waals surface area contributed by atoms with Crippen LogP contribution in [0.15, 0.2) is 24.3 Å². The Labute approximate surface area is 123 Å². The molecule has 0 spiro atoms. The first kappa shape index (κ1) is 18.2. The SMILES string of the molecule is Cc1cccc(OCCN(C)CC(C)(C)CN)c1.Cl. The summed E-state index contributed by atoms with van der Waals surface area (Å²) in [6.07, 6.45) is 0. The van der Waals surface area contributed by atoms with Crippen LogP contribution in [-0.4, -0.2) is 38.2 Å². The lowest BCUT2D eigenvalue weighted by atomic mass is 9.93. The molecule has 1 aromatic rings. The highest BCUT2D eigenvalue weighted by atomic mass is 35.5. The van der Waals surface area contributed by atoms with Gasteiger partial charge in [0.2, 0.25) is 0 Å². The highest BCUT2D eigenvalue weighted by molar-refractivity contribution is 5.85. The third-order valence-electron chi connectivity index (χ3n) is 2.98.